The highest BCUT2D eigenvalue weighted by molar-refractivity contribution is 6.32. The maximum atomic E-state index is 12.2. The van der Waals surface area contributed by atoms with E-state index in [4.69, 9.17) is 16.3 Å². The lowest BCUT2D eigenvalue weighted by Gasteiger charge is -2.19. The molecule has 3 rings (SSSR count). The van der Waals surface area contributed by atoms with Crippen LogP contribution >= 0.6 is 11.6 Å². The SMILES string of the molecule is Cc1cc(C=NNC(=O)c2ccc(O)c(Cl)c2)cc(C)c1OCc1ccc(C(C)(C)C)cc1. The summed E-state index contributed by atoms with van der Waals surface area (Å²) in [4.78, 5) is 12.2. The van der Waals surface area contributed by atoms with Crippen molar-refractivity contribution < 1.29 is 14.6 Å². The summed E-state index contributed by atoms with van der Waals surface area (Å²) in [5.41, 5.74) is 8.12. The van der Waals surface area contributed by atoms with Gasteiger partial charge in [-0.05, 0) is 77.4 Å². The summed E-state index contributed by atoms with van der Waals surface area (Å²) in [6.45, 7) is 11.1. The summed E-state index contributed by atoms with van der Waals surface area (Å²) in [6, 6.07) is 16.7. The van der Waals surface area contributed by atoms with E-state index in [0.717, 1.165) is 28.0 Å². The Balaban J connectivity index is 1.63. The standard InChI is InChI=1S/C27H29ClN2O3/c1-17-12-20(15-29-30-26(32)21-8-11-24(31)23(28)14-21)13-18(2)25(17)33-16-19-6-9-22(10-7-19)27(3,4)5/h6-15,31H,16H2,1-5H3,(H,30,32). The van der Waals surface area contributed by atoms with Crippen molar-refractivity contribution in [2.24, 2.45) is 5.10 Å². The zero-order chi connectivity index (χ0) is 24.2. The number of aromatic hydroxyl groups is 1. The molecule has 0 aliphatic carbocycles. The largest absolute Gasteiger partial charge is 0.506 e. The Bertz CT molecular complexity index is 1160. The van der Waals surface area contributed by atoms with Gasteiger partial charge in [0.1, 0.15) is 18.1 Å². The number of phenols is 1. The number of ether oxygens (including phenoxy) is 1. The van der Waals surface area contributed by atoms with Crippen LogP contribution in [0.3, 0.4) is 0 Å². The number of nitrogens with zero attached hydrogens (tertiary/aromatic N) is 1. The highest BCUT2D eigenvalue weighted by Crippen LogP contribution is 2.27. The van der Waals surface area contributed by atoms with Crippen LogP contribution in [0.5, 0.6) is 11.5 Å². The van der Waals surface area contributed by atoms with Crippen molar-refractivity contribution >= 4 is 23.7 Å². The minimum absolute atomic E-state index is 0.0769. The third kappa shape index (κ3) is 6.36. The minimum atomic E-state index is -0.418. The number of halogens is 1. The first-order valence-corrected chi connectivity index (χ1v) is 11.1. The average Bonchev–Trinajstić information content (AvgIpc) is 2.74. The highest BCUT2D eigenvalue weighted by atomic mass is 35.5. The number of hydrogen-bond donors (Lipinski definition) is 2. The van der Waals surface area contributed by atoms with Gasteiger partial charge in [0.05, 0.1) is 11.2 Å². The lowest BCUT2D eigenvalue weighted by Crippen LogP contribution is -2.17. The van der Waals surface area contributed by atoms with Crippen LogP contribution in [0.15, 0.2) is 59.7 Å². The number of aryl methyl sites for hydroxylation is 2. The first kappa shape index (κ1) is 24.3. The molecule has 172 valence electrons. The van der Waals surface area contributed by atoms with Gasteiger partial charge < -0.3 is 9.84 Å². The van der Waals surface area contributed by atoms with E-state index in [-0.39, 0.29) is 16.2 Å². The fraction of sp³-hybridized carbons (Fsp3) is 0.259. The fourth-order valence-corrected chi connectivity index (χ4v) is 3.60. The molecule has 0 aliphatic heterocycles. The summed E-state index contributed by atoms with van der Waals surface area (Å²) in [7, 11) is 0. The van der Waals surface area contributed by atoms with E-state index >= 15 is 0 Å². The van der Waals surface area contributed by atoms with Crippen LogP contribution < -0.4 is 10.2 Å². The van der Waals surface area contributed by atoms with Gasteiger partial charge in [-0.15, -0.1) is 0 Å². The smallest absolute Gasteiger partial charge is 0.271 e. The van der Waals surface area contributed by atoms with Crippen LogP contribution in [0, 0.1) is 13.8 Å². The Morgan fingerprint density at radius 1 is 1.06 bits per heavy atom. The van der Waals surface area contributed by atoms with E-state index in [2.05, 4.69) is 55.6 Å². The Hall–Kier alpha value is -3.31. The Morgan fingerprint density at radius 3 is 2.27 bits per heavy atom. The maximum Gasteiger partial charge on any atom is 0.271 e. The van der Waals surface area contributed by atoms with Gasteiger partial charge in [-0.2, -0.15) is 5.10 Å². The molecule has 0 atom stereocenters. The molecular formula is C27H29ClN2O3. The molecule has 0 saturated carbocycles. The van der Waals surface area contributed by atoms with Crippen molar-refractivity contribution in [2.45, 2.75) is 46.6 Å². The summed E-state index contributed by atoms with van der Waals surface area (Å²) in [6.07, 6.45) is 1.58. The first-order valence-electron chi connectivity index (χ1n) is 10.7. The molecule has 1 amide bonds. The highest BCUT2D eigenvalue weighted by Gasteiger charge is 2.13. The van der Waals surface area contributed by atoms with E-state index in [0.29, 0.717) is 12.2 Å². The molecule has 0 radical (unpaired) electrons. The summed E-state index contributed by atoms with van der Waals surface area (Å²) in [5.74, 6) is 0.348. The minimum Gasteiger partial charge on any atom is -0.506 e. The number of nitrogens with one attached hydrogen (secondary N) is 1. The zero-order valence-electron chi connectivity index (χ0n) is 19.6. The predicted octanol–water partition coefficient (Wildman–Crippen LogP) is 6.30. The van der Waals surface area contributed by atoms with Crippen molar-refractivity contribution in [2.75, 3.05) is 0 Å². The van der Waals surface area contributed by atoms with Crippen molar-refractivity contribution in [3.8, 4) is 11.5 Å². The van der Waals surface area contributed by atoms with Crippen LogP contribution in [-0.2, 0) is 12.0 Å². The molecule has 2 N–H and O–H groups in total. The Labute approximate surface area is 200 Å². The third-order valence-electron chi connectivity index (χ3n) is 5.28. The molecule has 3 aromatic rings. The van der Waals surface area contributed by atoms with Crippen LogP contribution in [0.1, 0.15) is 58.9 Å². The van der Waals surface area contributed by atoms with Gasteiger partial charge in [0.2, 0.25) is 0 Å². The summed E-state index contributed by atoms with van der Waals surface area (Å²) >= 11 is 5.85. The molecule has 0 aliphatic rings. The molecule has 0 bridgehead atoms. The van der Waals surface area contributed by atoms with E-state index in [1.807, 2.05) is 26.0 Å². The molecule has 5 nitrogen and oxygen atoms in total. The summed E-state index contributed by atoms with van der Waals surface area (Å²) < 4.78 is 6.11. The van der Waals surface area contributed by atoms with Crippen LogP contribution in [0.2, 0.25) is 5.02 Å². The van der Waals surface area contributed by atoms with Crippen molar-refractivity contribution in [1.82, 2.24) is 5.43 Å². The van der Waals surface area contributed by atoms with Gasteiger partial charge >= 0.3 is 0 Å². The first-order chi connectivity index (χ1) is 15.5. The van der Waals surface area contributed by atoms with Gasteiger partial charge in [0.15, 0.2) is 0 Å². The van der Waals surface area contributed by atoms with Crippen molar-refractivity contribution in [3.63, 3.8) is 0 Å². The zero-order valence-corrected chi connectivity index (χ0v) is 20.3. The van der Waals surface area contributed by atoms with Crippen LogP contribution in [0.4, 0.5) is 0 Å². The maximum absolute atomic E-state index is 12.2. The quantitative estimate of drug-likeness (QED) is 0.332. The number of hydrogen-bond acceptors (Lipinski definition) is 4. The van der Waals surface area contributed by atoms with Crippen molar-refractivity contribution in [3.05, 3.63) is 93.0 Å². The molecule has 0 unspecified atom stereocenters. The predicted molar refractivity (Wildman–Crippen MR) is 134 cm³/mol. The number of rotatable bonds is 6. The van der Waals surface area contributed by atoms with Gasteiger partial charge in [-0.1, -0.05) is 56.6 Å². The second-order valence-corrected chi connectivity index (χ2v) is 9.49. The van der Waals surface area contributed by atoms with Gasteiger partial charge in [-0.25, -0.2) is 5.43 Å². The van der Waals surface area contributed by atoms with E-state index in [1.165, 1.54) is 23.8 Å². The third-order valence-corrected chi connectivity index (χ3v) is 5.58. The number of amides is 1. The molecule has 3 aromatic carbocycles. The second kappa shape index (κ2) is 10.1. The topological polar surface area (TPSA) is 70.9 Å². The lowest BCUT2D eigenvalue weighted by molar-refractivity contribution is 0.0955. The molecule has 0 saturated heterocycles. The molecule has 6 heteroatoms. The van der Waals surface area contributed by atoms with Gasteiger partial charge in [0, 0.05) is 5.56 Å². The Kier molecular flexibility index (Phi) is 7.44. The number of hydrazone groups is 1. The van der Waals surface area contributed by atoms with Crippen LogP contribution in [-0.4, -0.2) is 17.2 Å². The molecule has 33 heavy (non-hydrogen) atoms. The van der Waals surface area contributed by atoms with Crippen molar-refractivity contribution in [1.29, 1.82) is 0 Å². The van der Waals surface area contributed by atoms with E-state index in [9.17, 15) is 9.90 Å². The number of benzene rings is 3. The normalized spacial score (nSPS) is 11.6. The fourth-order valence-electron chi connectivity index (χ4n) is 3.42. The molecule has 0 fully saturated rings. The number of carbonyl (C=O) groups excluding carboxylic acids is 1. The van der Waals surface area contributed by atoms with Crippen LogP contribution in [0.25, 0.3) is 0 Å². The lowest BCUT2D eigenvalue weighted by atomic mass is 9.87. The number of phenolic OH excluding ortho intramolecular Hbond substituents is 1. The molecule has 0 spiro atoms. The molecule has 0 heterocycles. The second-order valence-electron chi connectivity index (χ2n) is 9.08. The van der Waals surface area contributed by atoms with Gasteiger partial charge in [0.25, 0.3) is 5.91 Å². The van der Waals surface area contributed by atoms with E-state index in [1.54, 1.807) is 6.21 Å². The Morgan fingerprint density at radius 2 is 1.70 bits per heavy atom. The van der Waals surface area contributed by atoms with E-state index < -0.39 is 5.91 Å². The summed E-state index contributed by atoms with van der Waals surface area (Å²) in [5, 5.41) is 13.6. The number of carbonyl (C=O) groups is 1. The molecule has 0 aromatic heterocycles. The average molecular weight is 465 g/mol. The monoisotopic (exact) mass is 464 g/mol. The van der Waals surface area contributed by atoms with Gasteiger partial charge in [-0.3, -0.25) is 4.79 Å². The molecular weight excluding hydrogens is 436 g/mol.